The van der Waals surface area contributed by atoms with Crippen molar-refractivity contribution >= 4 is 23.0 Å². The maximum atomic E-state index is 10.8. The number of aryl methyl sites for hydroxylation is 1. The van der Waals surface area contributed by atoms with Gasteiger partial charge in [-0.3, -0.25) is 10.1 Å². The number of rotatable bonds is 4. The number of hydrogen-bond acceptors (Lipinski definition) is 5. The molecule has 0 aliphatic rings. The standard InChI is InChI=1S/C13H11NO5S/c1-7-4-10(14(18)19)11(15)6-8(7)5-9-2-3-12(20-9)13(16)17/h2-4,6,15H,5H2,1H3,(H,16,17). The first-order chi connectivity index (χ1) is 9.38. The Morgan fingerprint density at radius 3 is 2.65 bits per heavy atom. The highest BCUT2D eigenvalue weighted by molar-refractivity contribution is 7.13. The Morgan fingerprint density at radius 2 is 2.10 bits per heavy atom. The first kappa shape index (κ1) is 14.0. The number of hydrogen-bond donors (Lipinski definition) is 2. The van der Waals surface area contributed by atoms with Crippen LogP contribution in [0.4, 0.5) is 5.69 Å². The number of nitrogens with zero attached hydrogens (tertiary/aromatic N) is 1. The first-order valence-electron chi connectivity index (χ1n) is 5.67. The summed E-state index contributed by atoms with van der Waals surface area (Å²) >= 11 is 1.15. The van der Waals surface area contributed by atoms with E-state index in [1.807, 2.05) is 0 Å². The summed E-state index contributed by atoms with van der Waals surface area (Å²) in [7, 11) is 0. The molecule has 1 aromatic carbocycles. The molecule has 104 valence electrons. The van der Waals surface area contributed by atoms with Gasteiger partial charge in [-0.1, -0.05) is 0 Å². The van der Waals surface area contributed by atoms with Crippen LogP contribution in [0.15, 0.2) is 24.3 Å². The van der Waals surface area contributed by atoms with E-state index in [9.17, 15) is 20.0 Å². The summed E-state index contributed by atoms with van der Waals surface area (Å²) in [5, 5.41) is 29.2. The molecule has 0 bridgehead atoms. The minimum Gasteiger partial charge on any atom is -0.502 e. The Bertz CT molecular complexity index is 692. The highest BCUT2D eigenvalue weighted by Gasteiger charge is 2.16. The van der Waals surface area contributed by atoms with E-state index in [0.717, 1.165) is 21.8 Å². The predicted molar refractivity (Wildman–Crippen MR) is 73.6 cm³/mol. The van der Waals surface area contributed by atoms with Crippen LogP contribution in [0.25, 0.3) is 0 Å². The molecule has 1 heterocycles. The fourth-order valence-electron chi connectivity index (χ4n) is 1.84. The molecule has 1 aromatic heterocycles. The predicted octanol–water partition coefficient (Wildman–Crippen LogP) is 2.96. The number of nitro groups is 1. The number of nitro benzene ring substituents is 1. The van der Waals surface area contributed by atoms with E-state index in [1.54, 1.807) is 13.0 Å². The number of phenolic OH excluding ortho intramolecular Hbond substituents is 1. The largest absolute Gasteiger partial charge is 0.502 e. The number of benzene rings is 1. The Labute approximate surface area is 118 Å². The van der Waals surface area contributed by atoms with Gasteiger partial charge in [0.05, 0.1) is 4.92 Å². The van der Waals surface area contributed by atoms with Gasteiger partial charge in [-0.2, -0.15) is 0 Å². The third-order valence-electron chi connectivity index (χ3n) is 2.87. The van der Waals surface area contributed by atoms with E-state index < -0.39 is 10.9 Å². The normalized spacial score (nSPS) is 10.4. The number of aromatic carboxylic acids is 1. The molecule has 0 saturated carbocycles. The average Bonchev–Trinajstić information content (AvgIpc) is 2.81. The Kier molecular flexibility index (Phi) is 3.71. The van der Waals surface area contributed by atoms with Gasteiger partial charge in [-0.15, -0.1) is 11.3 Å². The van der Waals surface area contributed by atoms with Crippen molar-refractivity contribution in [2.24, 2.45) is 0 Å². The molecular formula is C13H11NO5S. The van der Waals surface area contributed by atoms with Crippen LogP contribution >= 0.6 is 11.3 Å². The van der Waals surface area contributed by atoms with E-state index in [4.69, 9.17) is 5.11 Å². The van der Waals surface area contributed by atoms with Gasteiger partial charge in [0.2, 0.25) is 0 Å². The molecule has 7 heteroatoms. The van der Waals surface area contributed by atoms with Crippen LogP contribution in [0.1, 0.15) is 25.7 Å². The molecule has 0 spiro atoms. The lowest BCUT2D eigenvalue weighted by Crippen LogP contribution is -1.95. The van der Waals surface area contributed by atoms with Crippen molar-refractivity contribution < 1.29 is 19.9 Å². The summed E-state index contributed by atoms with van der Waals surface area (Å²) in [6.07, 6.45) is 0.426. The fourth-order valence-corrected chi connectivity index (χ4v) is 2.71. The zero-order chi connectivity index (χ0) is 14.9. The Hall–Kier alpha value is -2.41. The van der Waals surface area contributed by atoms with Crippen molar-refractivity contribution in [2.45, 2.75) is 13.3 Å². The summed E-state index contributed by atoms with van der Waals surface area (Å²) in [5.74, 6) is -1.37. The maximum absolute atomic E-state index is 10.8. The molecule has 2 rings (SSSR count). The van der Waals surface area contributed by atoms with Crippen molar-refractivity contribution in [2.75, 3.05) is 0 Å². The van der Waals surface area contributed by atoms with Crippen molar-refractivity contribution in [1.82, 2.24) is 0 Å². The van der Waals surface area contributed by atoms with Crippen molar-refractivity contribution in [3.8, 4) is 5.75 Å². The lowest BCUT2D eigenvalue weighted by molar-refractivity contribution is -0.385. The topological polar surface area (TPSA) is 101 Å². The molecular weight excluding hydrogens is 282 g/mol. The number of aromatic hydroxyl groups is 1. The molecule has 2 aromatic rings. The number of phenols is 1. The van der Waals surface area contributed by atoms with Gasteiger partial charge in [-0.05, 0) is 36.2 Å². The molecule has 0 unspecified atom stereocenters. The Balaban J connectivity index is 2.31. The average molecular weight is 293 g/mol. The molecule has 2 N–H and O–H groups in total. The molecule has 0 atom stereocenters. The second-order valence-electron chi connectivity index (χ2n) is 4.27. The van der Waals surface area contributed by atoms with E-state index in [2.05, 4.69) is 0 Å². The van der Waals surface area contributed by atoms with E-state index in [-0.39, 0.29) is 16.3 Å². The highest BCUT2D eigenvalue weighted by Crippen LogP contribution is 2.31. The van der Waals surface area contributed by atoms with E-state index in [0.29, 0.717) is 12.0 Å². The van der Waals surface area contributed by atoms with Crippen LogP contribution in [0, 0.1) is 17.0 Å². The molecule has 0 amide bonds. The van der Waals surface area contributed by atoms with Gasteiger partial charge in [-0.25, -0.2) is 4.79 Å². The summed E-state index contributed by atoms with van der Waals surface area (Å²) in [6, 6.07) is 5.89. The van der Waals surface area contributed by atoms with Crippen molar-refractivity contribution in [3.05, 3.63) is 55.3 Å². The summed E-state index contributed by atoms with van der Waals surface area (Å²) < 4.78 is 0. The first-order valence-corrected chi connectivity index (χ1v) is 6.49. The SMILES string of the molecule is Cc1cc([N+](=O)[O-])c(O)cc1Cc1ccc(C(=O)O)s1. The Morgan fingerprint density at radius 1 is 1.40 bits per heavy atom. The molecule has 6 nitrogen and oxygen atoms in total. The van der Waals surface area contributed by atoms with Gasteiger partial charge in [0.25, 0.3) is 0 Å². The lowest BCUT2D eigenvalue weighted by atomic mass is 10.0. The molecule has 0 aliphatic heterocycles. The van der Waals surface area contributed by atoms with Crippen LogP contribution < -0.4 is 0 Å². The number of carboxylic acids is 1. The van der Waals surface area contributed by atoms with Gasteiger partial charge < -0.3 is 10.2 Å². The second kappa shape index (κ2) is 5.30. The second-order valence-corrected chi connectivity index (χ2v) is 5.44. The van der Waals surface area contributed by atoms with Gasteiger partial charge >= 0.3 is 11.7 Å². The zero-order valence-electron chi connectivity index (χ0n) is 10.5. The monoisotopic (exact) mass is 293 g/mol. The van der Waals surface area contributed by atoms with Gasteiger partial charge in [0, 0.05) is 17.4 Å². The quantitative estimate of drug-likeness (QED) is 0.666. The maximum Gasteiger partial charge on any atom is 0.345 e. The summed E-state index contributed by atoms with van der Waals surface area (Å²) in [5.41, 5.74) is 1.08. The molecule has 0 fully saturated rings. The number of thiophene rings is 1. The minimum atomic E-state index is -0.982. The van der Waals surface area contributed by atoms with Crippen molar-refractivity contribution in [3.63, 3.8) is 0 Å². The highest BCUT2D eigenvalue weighted by atomic mass is 32.1. The third-order valence-corrected chi connectivity index (χ3v) is 3.94. The van der Waals surface area contributed by atoms with Gasteiger partial charge in [0.1, 0.15) is 4.88 Å². The number of carbonyl (C=O) groups is 1. The van der Waals surface area contributed by atoms with Gasteiger partial charge in [0.15, 0.2) is 5.75 Å². The van der Waals surface area contributed by atoms with Crippen molar-refractivity contribution in [1.29, 1.82) is 0 Å². The third kappa shape index (κ3) is 2.77. The molecule has 0 aliphatic carbocycles. The lowest BCUT2D eigenvalue weighted by Gasteiger charge is -2.05. The van der Waals surface area contributed by atoms with Crippen LogP contribution in [0.3, 0.4) is 0 Å². The molecule has 0 saturated heterocycles. The summed E-state index contributed by atoms with van der Waals surface area (Å²) in [4.78, 5) is 21.9. The smallest absolute Gasteiger partial charge is 0.345 e. The summed E-state index contributed by atoms with van der Waals surface area (Å²) in [6.45, 7) is 1.72. The van der Waals surface area contributed by atoms with Crippen LogP contribution in [0.2, 0.25) is 0 Å². The minimum absolute atomic E-state index is 0.240. The number of carboxylic acid groups (broad SMARTS) is 1. The van der Waals surface area contributed by atoms with Crippen LogP contribution in [0.5, 0.6) is 5.75 Å². The van der Waals surface area contributed by atoms with Crippen LogP contribution in [-0.4, -0.2) is 21.1 Å². The molecule has 0 radical (unpaired) electrons. The fraction of sp³-hybridized carbons (Fsp3) is 0.154. The van der Waals surface area contributed by atoms with E-state index >= 15 is 0 Å². The van der Waals surface area contributed by atoms with Crippen LogP contribution in [-0.2, 0) is 6.42 Å². The zero-order valence-corrected chi connectivity index (χ0v) is 11.3. The molecule has 20 heavy (non-hydrogen) atoms. The van der Waals surface area contributed by atoms with E-state index in [1.165, 1.54) is 18.2 Å².